The normalized spacial score (nSPS) is 17.1. The molecule has 1 atom stereocenters. The molecule has 5 rings (SSSR count). The Bertz CT molecular complexity index is 1490. The third kappa shape index (κ3) is 5.09. The molecular weight excluding hydrogens is 462 g/mol. The molecule has 1 saturated heterocycles. The number of amides is 1. The number of aryl methyl sites for hydroxylation is 1. The molecular formula is C26H25N5O3S. The van der Waals surface area contributed by atoms with E-state index in [0.717, 1.165) is 22.5 Å². The lowest BCUT2D eigenvalue weighted by Crippen LogP contribution is -2.18. The summed E-state index contributed by atoms with van der Waals surface area (Å²) in [5, 5.41) is 12.0. The highest BCUT2D eigenvalue weighted by atomic mass is 32.2. The maximum Gasteiger partial charge on any atom is 0.249 e. The van der Waals surface area contributed by atoms with Gasteiger partial charge < -0.3 is 5.32 Å². The summed E-state index contributed by atoms with van der Waals surface area (Å²) in [4.78, 5) is 12.8. The second-order valence-electron chi connectivity index (χ2n) is 8.57. The van der Waals surface area contributed by atoms with Crippen molar-refractivity contribution in [2.75, 3.05) is 16.8 Å². The minimum absolute atomic E-state index is 0.0337. The van der Waals surface area contributed by atoms with Crippen molar-refractivity contribution in [2.45, 2.75) is 19.4 Å². The molecule has 178 valence electrons. The van der Waals surface area contributed by atoms with Crippen molar-refractivity contribution in [2.24, 2.45) is 0 Å². The van der Waals surface area contributed by atoms with Gasteiger partial charge in [0.25, 0.3) is 0 Å². The zero-order chi connectivity index (χ0) is 24.4. The molecule has 9 heteroatoms. The van der Waals surface area contributed by atoms with Crippen LogP contribution in [-0.4, -0.2) is 45.4 Å². The monoisotopic (exact) mass is 487 g/mol. The lowest BCUT2D eigenvalue weighted by Gasteiger charge is -2.13. The van der Waals surface area contributed by atoms with Crippen molar-refractivity contribution in [3.8, 4) is 16.9 Å². The molecule has 8 nitrogen and oxygen atoms in total. The maximum atomic E-state index is 12.8. The van der Waals surface area contributed by atoms with Gasteiger partial charge >= 0.3 is 0 Å². The Hall–Kier alpha value is -3.98. The number of para-hydroxylation sites is 1. The summed E-state index contributed by atoms with van der Waals surface area (Å²) in [6.07, 6.45) is 5.56. The van der Waals surface area contributed by atoms with Gasteiger partial charge in [0.05, 0.1) is 34.6 Å². The van der Waals surface area contributed by atoms with E-state index < -0.39 is 9.84 Å². The van der Waals surface area contributed by atoms with Crippen LogP contribution in [0.15, 0.2) is 79.0 Å². The molecule has 1 aliphatic rings. The van der Waals surface area contributed by atoms with Gasteiger partial charge in [0, 0.05) is 29.5 Å². The van der Waals surface area contributed by atoms with Crippen LogP contribution in [-0.2, 0) is 14.6 Å². The van der Waals surface area contributed by atoms with Crippen LogP contribution in [0.4, 0.5) is 5.82 Å². The van der Waals surface area contributed by atoms with Crippen LogP contribution in [0, 0.1) is 6.92 Å². The van der Waals surface area contributed by atoms with Crippen molar-refractivity contribution in [1.29, 1.82) is 0 Å². The predicted molar refractivity (Wildman–Crippen MR) is 136 cm³/mol. The smallest absolute Gasteiger partial charge is 0.249 e. The summed E-state index contributed by atoms with van der Waals surface area (Å²) in [7, 11) is -3.07. The summed E-state index contributed by atoms with van der Waals surface area (Å²) in [6, 6.07) is 21.0. The molecule has 2 aromatic carbocycles. The second kappa shape index (κ2) is 9.34. The highest BCUT2D eigenvalue weighted by molar-refractivity contribution is 7.91. The molecule has 0 radical (unpaired) electrons. The Balaban J connectivity index is 1.40. The molecule has 3 heterocycles. The quantitative estimate of drug-likeness (QED) is 0.414. The molecule has 0 saturated carbocycles. The van der Waals surface area contributed by atoms with Crippen LogP contribution in [0.3, 0.4) is 0 Å². The molecule has 2 aromatic heterocycles. The van der Waals surface area contributed by atoms with E-state index in [2.05, 4.69) is 10.4 Å². The van der Waals surface area contributed by atoms with Gasteiger partial charge in [-0.2, -0.15) is 10.2 Å². The summed E-state index contributed by atoms with van der Waals surface area (Å²) in [6.45, 7) is 1.82. The maximum absolute atomic E-state index is 12.8. The van der Waals surface area contributed by atoms with Crippen molar-refractivity contribution in [3.63, 3.8) is 0 Å². The lowest BCUT2D eigenvalue weighted by atomic mass is 10.1. The van der Waals surface area contributed by atoms with Gasteiger partial charge in [-0.15, -0.1) is 0 Å². The van der Waals surface area contributed by atoms with Gasteiger partial charge in [-0.25, -0.2) is 17.8 Å². The molecule has 1 fully saturated rings. The Labute approximate surface area is 203 Å². The van der Waals surface area contributed by atoms with Crippen molar-refractivity contribution >= 4 is 27.6 Å². The molecule has 0 aliphatic carbocycles. The first-order valence-corrected chi connectivity index (χ1v) is 13.2. The SMILES string of the molecule is Cc1cc(NC(=O)/C=C/c2cn(-c3ccccc3)nc2-c2ccccc2)n(C2CCS(=O)(=O)C2)n1. The van der Waals surface area contributed by atoms with Gasteiger partial charge in [0.1, 0.15) is 5.82 Å². The van der Waals surface area contributed by atoms with Gasteiger partial charge in [-0.1, -0.05) is 48.5 Å². The molecule has 1 aliphatic heterocycles. The number of carbonyl (C=O) groups excluding carboxylic acids is 1. The number of sulfone groups is 1. The van der Waals surface area contributed by atoms with Gasteiger partial charge in [0.15, 0.2) is 9.84 Å². The summed E-state index contributed by atoms with van der Waals surface area (Å²) < 4.78 is 27.2. The van der Waals surface area contributed by atoms with E-state index in [-0.39, 0.29) is 23.5 Å². The molecule has 1 amide bonds. The van der Waals surface area contributed by atoms with E-state index in [4.69, 9.17) is 5.10 Å². The predicted octanol–water partition coefficient (Wildman–Crippen LogP) is 4.06. The van der Waals surface area contributed by atoms with Crippen LogP contribution in [0.5, 0.6) is 0 Å². The van der Waals surface area contributed by atoms with E-state index in [1.807, 2.05) is 73.8 Å². The third-order valence-corrected chi connectivity index (χ3v) is 7.64. The highest BCUT2D eigenvalue weighted by Crippen LogP contribution is 2.28. The number of nitrogens with one attached hydrogen (secondary N) is 1. The van der Waals surface area contributed by atoms with Crippen LogP contribution < -0.4 is 5.32 Å². The molecule has 1 N–H and O–H groups in total. The van der Waals surface area contributed by atoms with Gasteiger partial charge in [0.2, 0.25) is 5.91 Å². The Morgan fingerprint density at radius 3 is 2.46 bits per heavy atom. The molecule has 0 spiro atoms. The summed E-state index contributed by atoms with van der Waals surface area (Å²) in [5.41, 5.74) is 4.12. The average Bonchev–Trinajstić information content (AvgIpc) is 3.55. The van der Waals surface area contributed by atoms with E-state index in [1.54, 1.807) is 21.5 Å². The first-order chi connectivity index (χ1) is 16.9. The first kappa shape index (κ1) is 22.8. The first-order valence-electron chi connectivity index (χ1n) is 11.3. The van der Waals surface area contributed by atoms with Crippen molar-refractivity contribution in [3.05, 3.63) is 90.3 Å². The fraction of sp³-hybridized carbons (Fsp3) is 0.192. The summed E-state index contributed by atoms with van der Waals surface area (Å²) >= 11 is 0. The van der Waals surface area contributed by atoms with Crippen molar-refractivity contribution in [1.82, 2.24) is 19.6 Å². The van der Waals surface area contributed by atoms with Crippen LogP contribution in [0.2, 0.25) is 0 Å². The van der Waals surface area contributed by atoms with E-state index >= 15 is 0 Å². The number of nitrogens with zero attached hydrogens (tertiary/aromatic N) is 4. The lowest BCUT2D eigenvalue weighted by molar-refractivity contribution is -0.111. The zero-order valence-corrected chi connectivity index (χ0v) is 20.0. The van der Waals surface area contributed by atoms with Crippen LogP contribution >= 0.6 is 0 Å². The number of benzene rings is 2. The highest BCUT2D eigenvalue weighted by Gasteiger charge is 2.31. The Morgan fingerprint density at radius 1 is 1.06 bits per heavy atom. The molecule has 0 bridgehead atoms. The Kier molecular flexibility index (Phi) is 6.08. The molecule has 35 heavy (non-hydrogen) atoms. The van der Waals surface area contributed by atoms with Crippen LogP contribution in [0.1, 0.15) is 23.7 Å². The van der Waals surface area contributed by atoms with Crippen molar-refractivity contribution < 1.29 is 13.2 Å². The fourth-order valence-electron chi connectivity index (χ4n) is 4.23. The van der Waals surface area contributed by atoms with E-state index in [9.17, 15) is 13.2 Å². The number of rotatable bonds is 6. The number of carbonyl (C=O) groups is 1. The number of aromatic nitrogens is 4. The average molecular weight is 488 g/mol. The Morgan fingerprint density at radius 2 is 1.77 bits per heavy atom. The minimum atomic E-state index is -3.07. The number of hydrogen-bond donors (Lipinski definition) is 1. The second-order valence-corrected chi connectivity index (χ2v) is 10.8. The largest absolute Gasteiger partial charge is 0.307 e. The zero-order valence-electron chi connectivity index (χ0n) is 19.2. The number of anilines is 1. The topological polar surface area (TPSA) is 98.9 Å². The van der Waals surface area contributed by atoms with Crippen LogP contribution in [0.25, 0.3) is 23.0 Å². The van der Waals surface area contributed by atoms with Gasteiger partial charge in [-0.05, 0) is 31.6 Å². The standard InChI is InChI=1S/C26H25N5O3S/c1-19-16-24(31(28-19)23-14-15-35(33,34)18-23)27-25(32)13-12-21-17-30(22-10-6-3-7-11-22)29-26(21)20-8-4-2-5-9-20/h2-13,16-17,23H,14-15,18H2,1H3,(H,27,32)/b13-12+. The fourth-order valence-corrected chi connectivity index (χ4v) is 5.92. The minimum Gasteiger partial charge on any atom is -0.307 e. The van der Waals surface area contributed by atoms with Gasteiger partial charge in [-0.3, -0.25) is 4.79 Å². The van der Waals surface area contributed by atoms with E-state index in [0.29, 0.717) is 17.9 Å². The molecule has 1 unspecified atom stereocenters. The summed E-state index contributed by atoms with van der Waals surface area (Å²) in [5.74, 6) is 0.324. The van der Waals surface area contributed by atoms with E-state index in [1.165, 1.54) is 6.08 Å². The number of hydrogen-bond acceptors (Lipinski definition) is 5. The third-order valence-electron chi connectivity index (χ3n) is 5.89. The molecule has 4 aromatic rings.